The predicted octanol–water partition coefficient (Wildman–Crippen LogP) is 3.27. The first-order valence-corrected chi connectivity index (χ1v) is 10.0. The van der Waals surface area contributed by atoms with Crippen molar-refractivity contribution in [2.24, 2.45) is 11.5 Å². The van der Waals surface area contributed by atoms with Gasteiger partial charge in [-0.05, 0) is 41.5 Å². The molecule has 0 unspecified atom stereocenters. The van der Waals surface area contributed by atoms with E-state index in [0.717, 1.165) is 18.1 Å². The van der Waals surface area contributed by atoms with Gasteiger partial charge in [-0.15, -0.1) is 0 Å². The van der Waals surface area contributed by atoms with Gasteiger partial charge in [0.05, 0.1) is 23.7 Å². The number of aromatic amines is 1. The molecule has 34 heavy (non-hydrogen) atoms. The number of carbonyl (C=O) groups is 1. The minimum absolute atomic E-state index is 0.00210. The number of H-pyrrole nitrogens is 1. The van der Waals surface area contributed by atoms with E-state index in [0.29, 0.717) is 39.3 Å². The zero-order valence-corrected chi connectivity index (χ0v) is 18.5. The Morgan fingerprint density at radius 3 is 2.12 bits per heavy atom. The number of benzene rings is 3. The molecule has 4 aromatic rings. The van der Waals surface area contributed by atoms with E-state index in [2.05, 4.69) is 9.97 Å². The minimum Gasteiger partial charge on any atom is -0.504 e. The summed E-state index contributed by atoms with van der Waals surface area (Å²) in [6.45, 7) is 1.08. The molecule has 0 spiro atoms. The van der Waals surface area contributed by atoms with Crippen molar-refractivity contribution in [1.82, 2.24) is 9.97 Å². The van der Waals surface area contributed by atoms with Crippen molar-refractivity contribution in [3.63, 3.8) is 0 Å². The average Bonchev–Trinajstić information content (AvgIpc) is 3.22. The number of phenolic OH excluding ortho intramolecular Hbond substituents is 1. The molecule has 10 heteroatoms. The molecule has 1 heterocycles. The van der Waals surface area contributed by atoms with Gasteiger partial charge in [-0.3, -0.25) is 15.6 Å². The maximum Gasteiger partial charge on any atom is 0.300 e. The number of aliphatic carboxylic acids is 1. The molecule has 0 saturated carbocycles. The average molecular weight is 460 g/mol. The van der Waals surface area contributed by atoms with Crippen molar-refractivity contribution in [3.05, 3.63) is 65.7 Å². The summed E-state index contributed by atoms with van der Waals surface area (Å²) < 4.78 is 5.37. The van der Waals surface area contributed by atoms with Gasteiger partial charge in [0.15, 0.2) is 11.5 Å². The van der Waals surface area contributed by atoms with Gasteiger partial charge in [0, 0.05) is 18.1 Å². The highest BCUT2D eigenvalue weighted by Crippen LogP contribution is 2.40. The van der Waals surface area contributed by atoms with Crippen LogP contribution in [-0.2, 0) is 4.79 Å². The van der Waals surface area contributed by atoms with E-state index < -0.39 is 5.97 Å². The van der Waals surface area contributed by atoms with Gasteiger partial charge in [-0.1, -0.05) is 24.3 Å². The quantitative estimate of drug-likeness (QED) is 0.175. The molecular weight excluding hydrogens is 436 g/mol. The highest BCUT2D eigenvalue weighted by Gasteiger charge is 2.17. The van der Waals surface area contributed by atoms with Gasteiger partial charge in [-0.2, -0.15) is 0 Å². The molecule has 0 amide bonds. The van der Waals surface area contributed by atoms with Crippen molar-refractivity contribution in [1.29, 1.82) is 10.8 Å². The van der Waals surface area contributed by atoms with Crippen molar-refractivity contribution < 1.29 is 19.7 Å². The number of imidazole rings is 1. The summed E-state index contributed by atoms with van der Waals surface area (Å²) in [6, 6.07) is 16.0. The molecule has 0 aliphatic heterocycles. The number of nitrogen functional groups attached to an aromatic ring is 2. The van der Waals surface area contributed by atoms with Crippen LogP contribution in [0.4, 0.5) is 0 Å². The number of hydrogen-bond acceptors (Lipinski definition) is 6. The van der Waals surface area contributed by atoms with Crippen LogP contribution in [0.1, 0.15) is 18.1 Å². The molecule has 3 aromatic carbocycles. The van der Waals surface area contributed by atoms with Crippen LogP contribution in [0.5, 0.6) is 11.5 Å². The van der Waals surface area contributed by atoms with Gasteiger partial charge in [0.2, 0.25) is 0 Å². The number of amidine groups is 2. The number of nitrogens with one attached hydrogen (secondary N) is 3. The highest BCUT2D eigenvalue weighted by atomic mass is 16.5. The minimum atomic E-state index is -0.833. The number of hydrogen-bond donors (Lipinski definition) is 7. The van der Waals surface area contributed by atoms with Crippen molar-refractivity contribution in [2.45, 2.75) is 6.92 Å². The van der Waals surface area contributed by atoms with Crippen LogP contribution >= 0.6 is 0 Å². The number of fused-ring (bicyclic) bond motifs is 1. The summed E-state index contributed by atoms with van der Waals surface area (Å²) in [4.78, 5) is 16.7. The SMILES string of the molecule is CC(=O)O.COc1cc(-c2ccc(C(=N)N)cc2)cc(-c2nc3ccc(C(=N)N)cc3[nH]2)c1O. The third-order valence-electron chi connectivity index (χ3n) is 4.87. The fraction of sp³-hybridized carbons (Fsp3) is 0.0833. The van der Waals surface area contributed by atoms with Crippen LogP contribution in [0.25, 0.3) is 33.5 Å². The van der Waals surface area contributed by atoms with Crippen LogP contribution in [-0.4, -0.2) is 44.9 Å². The Bertz CT molecular complexity index is 1390. The zero-order valence-electron chi connectivity index (χ0n) is 18.5. The molecule has 10 nitrogen and oxygen atoms in total. The van der Waals surface area contributed by atoms with Crippen LogP contribution in [0.3, 0.4) is 0 Å². The van der Waals surface area contributed by atoms with Gasteiger partial charge < -0.3 is 31.4 Å². The third-order valence-corrected chi connectivity index (χ3v) is 4.87. The Kier molecular flexibility index (Phi) is 6.81. The van der Waals surface area contributed by atoms with Crippen molar-refractivity contribution in [3.8, 4) is 34.0 Å². The number of nitrogens with zero attached hydrogens (tertiary/aromatic N) is 1. The maximum absolute atomic E-state index is 10.7. The van der Waals surface area contributed by atoms with Gasteiger partial charge in [0.25, 0.3) is 5.97 Å². The van der Waals surface area contributed by atoms with Crippen LogP contribution < -0.4 is 16.2 Å². The molecule has 9 N–H and O–H groups in total. The number of aromatic hydroxyl groups is 1. The van der Waals surface area contributed by atoms with E-state index in [1.54, 1.807) is 36.4 Å². The molecule has 1 aromatic heterocycles. The number of ether oxygens (including phenoxy) is 1. The summed E-state index contributed by atoms with van der Waals surface area (Å²) in [7, 11) is 1.49. The lowest BCUT2D eigenvalue weighted by Crippen LogP contribution is -2.10. The fourth-order valence-electron chi connectivity index (χ4n) is 3.26. The first-order chi connectivity index (χ1) is 16.1. The number of nitrogens with two attached hydrogens (primary N) is 2. The summed E-state index contributed by atoms with van der Waals surface area (Å²) >= 11 is 0. The standard InChI is InChI=1S/C22H20N6O2.C2H4O2/c1-30-18-10-14(11-2-4-12(5-3-11)20(23)24)8-15(19(18)29)22-27-16-7-6-13(21(25)26)9-17(16)28-22;1-2(3)4/h2-10,29H,1H3,(H3,23,24)(H3,25,26)(H,27,28);1H3,(H,3,4). The van der Waals surface area contributed by atoms with E-state index in [9.17, 15) is 5.11 Å². The number of carboxylic acids is 1. The Morgan fingerprint density at radius 1 is 0.971 bits per heavy atom. The largest absolute Gasteiger partial charge is 0.504 e. The first-order valence-electron chi connectivity index (χ1n) is 10.0. The van der Waals surface area contributed by atoms with E-state index in [-0.39, 0.29) is 17.4 Å². The van der Waals surface area contributed by atoms with Crippen LogP contribution in [0.2, 0.25) is 0 Å². The lowest BCUT2D eigenvalue weighted by atomic mass is 10.00. The molecule has 174 valence electrons. The smallest absolute Gasteiger partial charge is 0.300 e. The number of phenols is 1. The molecule has 4 rings (SSSR count). The second-order valence-corrected chi connectivity index (χ2v) is 7.32. The topological polar surface area (TPSA) is 195 Å². The summed E-state index contributed by atoms with van der Waals surface area (Å²) in [5.41, 5.74) is 15.8. The van der Waals surface area contributed by atoms with E-state index in [1.165, 1.54) is 7.11 Å². The lowest BCUT2D eigenvalue weighted by Gasteiger charge is -2.11. The fourth-order valence-corrected chi connectivity index (χ4v) is 3.26. The molecule has 0 bridgehead atoms. The zero-order chi connectivity index (χ0) is 25.0. The molecular formula is C24H24N6O4. The summed E-state index contributed by atoms with van der Waals surface area (Å²) in [6.07, 6.45) is 0. The summed E-state index contributed by atoms with van der Waals surface area (Å²) in [5.74, 6) is -0.134. The second kappa shape index (κ2) is 9.74. The molecule has 0 aliphatic carbocycles. The monoisotopic (exact) mass is 460 g/mol. The third kappa shape index (κ3) is 5.13. The first kappa shape index (κ1) is 23.8. The van der Waals surface area contributed by atoms with Crippen molar-refractivity contribution in [2.75, 3.05) is 7.11 Å². The van der Waals surface area contributed by atoms with E-state index >= 15 is 0 Å². The lowest BCUT2D eigenvalue weighted by molar-refractivity contribution is -0.134. The van der Waals surface area contributed by atoms with Crippen molar-refractivity contribution >= 4 is 28.7 Å². The van der Waals surface area contributed by atoms with Gasteiger partial charge >= 0.3 is 0 Å². The molecule has 0 saturated heterocycles. The number of carboxylic acid groups (broad SMARTS) is 1. The molecule has 0 atom stereocenters. The maximum atomic E-state index is 10.7. The Labute approximate surface area is 194 Å². The molecule has 0 aliphatic rings. The van der Waals surface area contributed by atoms with Crippen LogP contribution in [0.15, 0.2) is 54.6 Å². The van der Waals surface area contributed by atoms with E-state index in [4.69, 9.17) is 36.9 Å². The van der Waals surface area contributed by atoms with Crippen LogP contribution in [0, 0.1) is 10.8 Å². The number of methoxy groups -OCH3 is 1. The Hall–Kier alpha value is -4.86. The Balaban J connectivity index is 0.000000751. The highest BCUT2D eigenvalue weighted by molar-refractivity contribution is 5.98. The van der Waals surface area contributed by atoms with Gasteiger partial charge in [0.1, 0.15) is 17.5 Å². The molecule has 0 fully saturated rings. The Morgan fingerprint density at radius 2 is 1.56 bits per heavy atom. The van der Waals surface area contributed by atoms with E-state index in [1.807, 2.05) is 18.2 Å². The van der Waals surface area contributed by atoms with Gasteiger partial charge in [-0.25, -0.2) is 4.98 Å². The number of rotatable bonds is 5. The number of aromatic nitrogens is 2. The molecule has 0 radical (unpaired) electrons. The summed E-state index contributed by atoms with van der Waals surface area (Å²) in [5, 5.41) is 33.3. The predicted molar refractivity (Wildman–Crippen MR) is 131 cm³/mol. The second-order valence-electron chi connectivity index (χ2n) is 7.32. The normalized spacial score (nSPS) is 10.3.